The molecule has 13 heavy (non-hydrogen) atoms. The number of hydrogen-bond acceptors (Lipinski definition) is 0. The van der Waals surface area contributed by atoms with Gasteiger partial charge in [-0.05, 0) is 18.6 Å². The smallest absolute Gasteiger partial charge is 0.166 e. The molecule has 0 amide bonds. The maximum absolute atomic E-state index is 12.3. The summed E-state index contributed by atoms with van der Waals surface area (Å²) in [5.41, 5.74) is -0.506. The van der Waals surface area contributed by atoms with Crippen molar-refractivity contribution in [2.24, 2.45) is 0 Å². The van der Waals surface area contributed by atoms with E-state index in [2.05, 4.69) is 0 Å². The van der Waals surface area contributed by atoms with Gasteiger partial charge in [0.05, 0.1) is 5.56 Å². The minimum atomic E-state index is -4.37. The van der Waals surface area contributed by atoms with E-state index in [0.29, 0.717) is 0 Å². The maximum Gasteiger partial charge on any atom is 0.416 e. The van der Waals surface area contributed by atoms with Crippen LogP contribution in [0.15, 0.2) is 12.1 Å². The second kappa shape index (κ2) is 3.26. The molecular formula is C8H5BClF3. The third kappa shape index (κ3) is 2.18. The van der Waals surface area contributed by atoms with Crippen LogP contribution in [0.5, 0.6) is 0 Å². The number of alkyl halides is 3. The van der Waals surface area contributed by atoms with Gasteiger partial charge in [0, 0.05) is 5.02 Å². The molecule has 2 radical (unpaired) electrons. The quantitative estimate of drug-likeness (QED) is 0.570. The molecule has 0 bridgehead atoms. The molecule has 0 N–H and O–H groups in total. The van der Waals surface area contributed by atoms with Crippen molar-refractivity contribution in [1.82, 2.24) is 0 Å². The average Bonchev–Trinajstić information content (AvgIpc) is 1.94. The lowest BCUT2D eigenvalue weighted by Gasteiger charge is -2.11. The molecule has 0 unspecified atom stereocenters. The van der Waals surface area contributed by atoms with Gasteiger partial charge < -0.3 is 0 Å². The van der Waals surface area contributed by atoms with Crippen LogP contribution in [-0.4, -0.2) is 7.85 Å². The van der Waals surface area contributed by atoms with Crippen molar-refractivity contribution >= 4 is 24.9 Å². The van der Waals surface area contributed by atoms with Crippen molar-refractivity contribution < 1.29 is 13.2 Å². The monoisotopic (exact) mass is 204 g/mol. The Balaban J connectivity index is 3.32. The van der Waals surface area contributed by atoms with Crippen LogP contribution in [0.3, 0.4) is 0 Å². The third-order valence-corrected chi connectivity index (χ3v) is 1.98. The Labute approximate surface area is 80.1 Å². The van der Waals surface area contributed by atoms with Crippen LogP contribution in [-0.2, 0) is 6.18 Å². The van der Waals surface area contributed by atoms with E-state index in [9.17, 15) is 13.2 Å². The van der Waals surface area contributed by atoms with Crippen LogP contribution >= 0.6 is 11.6 Å². The Kier molecular flexibility index (Phi) is 2.62. The van der Waals surface area contributed by atoms with Crippen molar-refractivity contribution in [2.45, 2.75) is 13.1 Å². The van der Waals surface area contributed by atoms with Crippen molar-refractivity contribution in [2.75, 3.05) is 0 Å². The topological polar surface area (TPSA) is 0 Å². The van der Waals surface area contributed by atoms with Gasteiger partial charge in [-0.2, -0.15) is 13.2 Å². The summed E-state index contributed by atoms with van der Waals surface area (Å²) in [6, 6.07) is 2.05. The highest BCUT2D eigenvalue weighted by atomic mass is 35.5. The summed E-state index contributed by atoms with van der Waals surface area (Å²) in [7, 11) is 5.33. The second-order valence-electron chi connectivity index (χ2n) is 2.69. The lowest BCUT2D eigenvalue weighted by atomic mass is 9.92. The van der Waals surface area contributed by atoms with Gasteiger partial charge in [0.15, 0.2) is 0 Å². The molecule has 0 aliphatic carbocycles. The van der Waals surface area contributed by atoms with Crippen LogP contribution in [0.25, 0.3) is 0 Å². The van der Waals surface area contributed by atoms with Gasteiger partial charge >= 0.3 is 6.18 Å². The van der Waals surface area contributed by atoms with E-state index >= 15 is 0 Å². The van der Waals surface area contributed by atoms with E-state index in [4.69, 9.17) is 19.4 Å². The molecule has 68 valence electrons. The molecule has 0 aliphatic heterocycles. The van der Waals surface area contributed by atoms with Gasteiger partial charge in [-0.25, -0.2) is 0 Å². The Morgan fingerprint density at radius 1 is 1.31 bits per heavy atom. The lowest BCUT2D eigenvalue weighted by Crippen LogP contribution is -2.13. The highest BCUT2D eigenvalue weighted by Gasteiger charge is 2.32. The van der Waals surface area contributed by atoms with Crippen LogP contribution < -0.4 is 5.46 Å². The largest absolute Gasteiger partial charge is 0.416 e. The molecule has 0 aliphatic rings. The Morgan fingerprint density at radius 3 is 2.31 bits per heavy atom. The van der Waals surface area contributed by atoms with Crippen molar-refractivity contribution in [3.8, 4) is 0 Å². The zero-order valence-electron chi connectivity index (χ0n) is 6.74. The van der Waals surface area contributed by atoms with Crippen LogP contribution in [0.4, 0.5) is 13.2 Å². The predicted octanol–water partition coefficient (Wildman–Crippen LogP) is 2.46. The summed E-state index contributed by atoms with van der Waals surface area (Å²) in [5, 5.41) is -0.0714. The molecule has 0 atom stereocenters. The molecule has 5 heteroatoms. The van der Waals surface area contributed by atoms with Gasteiger partial charge in [-0.15, -0.1) is 0 Å². The highest BCUT2D eigenvalue weighted by Crippen LogP contribution is 2.32. The molecule has 0 heterocycles. The molecule has 0 saturated carbocycles. The fourth-order valence-corrected chi connectivity index (χ4v) is 1.17. The Morgan fingerprint density at radius 2 is 1.85 bits per heavy atom. The van der Waals surface area contributed by atoms with Gasteiger partial charge in [0.25, 0.3) is 0 Å². The van der Waals surface area contributed by atoms with Gasteiger partial charge in [-0.3, -0.25) is 0 Å². The van der Waals surface area contributed by atoms with E-state index in [1.807, 2.05) is 0 Å². The molecule has 1 rings (SSSR count). The fraction of sp³-hybridized carbons (Fsp3) is 0.250. The Bertz CT molecular complexity index is 333. The standard InChI is InChI=1S/C8H5BClF3/c1-4-2-6(9)7(10)3-5(4)8(11,12)13/h2-3H,1H3. The van der Waals surface area contributed by atoms with Crippen LogP contribution in [0.2, 0.25) is 5.02 Å². The van der Waals surface area contributed by atoms with Crippen molar-refractivity contribution in [3.05, 3.63) is 28.3 Å². The molecule has 1 aromatic carbocycles. The minimum absolute atomic E-state index is 0.0714. The van der Waals surface area contributed by atoms with E-state index in [1.165, 1.54) is 13.0 Å². The van der Waals surface area contributed by atoms with Gasteiger partial charge in [0.2, 0.25) is 0 Å². The van der Waals surface area contributed by atoms with Gasteiger partial charge in [-0.1, -0.05) is 23.1 Å². The van der Waals surface area contributed by atoms with E-state index in [1.54, 1.807) is 0 Å². The van der Waals surface area contributed by atoms with Crippen molar-refractivity contribution in [3.63, 3.8) is 0 Å². The van der Waals surface area contributed by atoms with Crippen LogP contribution in [0.1, 0.15) is 11.1 Å². The minimum Gasteiger partial charge on any atom is -0.166 e. The first-order valence-electron chi connectivity index (χ1n) is 3.45. The summed E-state index contributed by atoms with van der Waals surface area (Å²) in [6.07, 6.45) is -4.37. The predicted molar refractivity (Wildman–Crippen MR) is 46.6 cm³/mol. The summed E-state index contributed by atoms with van der Waals surface area (Å²) in [4.78, 5) is 0. The number of halogens is 4. The lowest BCUT2D eigenvalue weighted by molar-refractivity contribution is -0.138. The van der Waals surface area contributed by atoms with Crippen LogP contribution in [0, 0.1) is 6.92 Å². The molecule has 0 saturated heterocycles. The van der Waals surface area contributed by atoms with E-state index in [-0.39, 0.29) is 16.0 Å². The molecule has 0 fully saturated rings. The first-order valence-corrected chi connectivity index (χ1v) is 3.83. The third-order valence-electron chi connectivity index (χ3n) is 1.65. The van der Waals surface area contributed by atoms with Gasteiger partial charge in [0.1, 0.15) is 7.85 Å². The SMILES string of the molecule is [B]c1cc(C)c(C(F)(F)F)cc1Cl. The first-order chi connectivity index (χ1) is 5.82. The normalized spacial score (nSPS) is 11.8. The molecule has 1 aromatic rings. The summed E-state index contributed by atoms with van der Waals surface area (Å²) < 4.78 is 36.8. The molecule has 0 nitrogen and oxygen atoms in total. The molecular weight excluding hydrogens is 199 g/mol. The number of hydrogen-bond donors (Lipinski definition) is 0. The number of aryl methyl sites for hydroxylation is 1. The Hall–Kier alpha value is -0.635. The molecule has 0 spiro atoms. The zero-order valence-corrected chi connectivity index (χ0v) is 7.50. The first kappa shape index (κ1) is 10.4. The second-order valence-corrected chi connectivity index (χ2v) is 3.09. The number of benzene rings is 1. The van der Waals surface area contributed by atoms with E-state index < -0.39 is 11.7 Å². The van der Waals surface area contributed by atoms with E-state index in [0.717, 1.165) is 6.07 Å². The maximum atomic E-state index is 12.3. The summed E-state index contributed by atoms with van der Waals surface area (Å²) >= 11 is 5.47. The van der Waals surface area contributed by atoms with Crippen molar-refractivity contribution in [1.29, 1.82) is 0 Å². The fourth-order valence-electron chi connectivity index (χ4n) is 1.01. The average molecular weight is 204 g/mol. The molecule has 0 aromatic heterocycles. The zero-order chi connectivity index (χ0) is 10.2. The summed E-state index contributed by atoms with van der Waals surface area (Å²) in [6.45, 7) is 1.34. The highest BCUT2D eigenvalue weighted by molar-refractivity contribution is 6.45. The summed E-state index contributed by atoms with van der Waals surface area (Å²) in [5.74, 6) is 0. The number of rotatable bonds is 0.